The summed E-state index contributed by atoms with van der Waals surface area (Å²) in [6, 6.07) is 10.4. The first-order chi connectivity index (χ1) is 7.72. The molecule has 2 rings (SSSR count). The number of hydrogen-bond donors (Lipinski definition) is 1. The minimum absolute atomic E-state index is 1.02. The summed E-state index contributed by atoms with van der Waals surface area (Å²) in [5, 5.41) is 3.13. The molecule has 2 heteroatoms. The lowest BCUT2D eigenvalue weighted by molar-refractivity contribution is 1.27. The molecular formula is C14H16N2. The molecular weight excluding hydrogens is 196 g/mol. The number of pyridine rings is 1. The summed E-state index contributed by atoms with van der Waals surface area (Å²) in [6.07, 6.45) is 1.84. The first-order valence-corrected chi connectivity index (χ1v) is 5.43. The third-order valence-corrected chi connectivity index (χ3v) is 2.93. The second-order valence-corrected chi connectivity index (χ2v) is 3.93. The molecule has 0 atom stereocenters. The number of nitrogens with zero attached hydrogens (tertiary/aromatic N) is 1. The number of hydrogen-bond acceptors (Lipinski definition) is 2. The van der Waals surface area contributed by atoms with Crippen LogP contribution < -0.4 is 5.32 Å². The Morgan fingerprint density at radius 3 is 2.69 bits per heavy atom. The van der Waals surface area contributed by atoms with E-state index in [2.05, 4.69) is 48.4 Å². The van der Waals surface area contributed by atoms with Crippen LogP contribution in [-0.2, 0) is 0 Å². The van der Waals surface area contributed by atoms with E-state index in [-0.39, 0.29) is 0 Å². The monoisotopic (exact) mass is 212 g/mol. The maximum absolute atomic E-state index is 4.42. The average molecular weight is 212 g/mol. The second-order valence-electron chi connectivity index (χ2n) is 3.93. The molecule has 1 N–H and O–H groups in total. The SMILES string of the molecule is CNc1ccnc(-c2cccc(C)c2C)c1. The third kappa shape index (κ3) is 1.91. The van der Waals surface area contributed by atoms with Crippen molar-refractivity contribution in [1.29, 1.82) is 0 Å². The third-order valence-electron chi connectivity index (χ3n) is 2.93. The fraction of sp³-hybridized carbons (Fsp3) is 0.214. The van der Waals surface area contributed by atoms with E-state index in [4.69, 9.17) is 0 Å². The number of benzene rings is 1. The summed E-state index contributed by atoms with van der Waals surface area (Å²) in [5.74, 6) is 0. The smallest absolute Gasteiger partial charge is 0.0725 e. The largest absolute Gasteiger partial charge is 0.388 e. The van der Waals surface area contributed by atoms with Gasteiger partial charge in [0, 0.05) is 24.5 Å². The van der Waals surface area contributed by atoms with E-state index in [1.54, 1.807) is 0 Å². The fourth-order valence-electron chi connectivity index (χ4n) is 1.76. The molecule has 0 aliphatic carbocycles. The molecule has 0 saturated carbocycles. The molecule has 0 unspecified atom stereocenters. The highest BCUT2D eigenvalue weighted by Crippen LogP contribution is 2.25. The van der Waals surface area contributed by atoms with Crippen molar-refractivity contribution >= 4 is 5.69 Å². The molecule has 1 aromatic heterocycles. The van der Waals surface area contributed by atoms with Crippen LogP contribution in [0.1, 0.15) is 11.1 Å². The molecule has 1 aromatic carbocycles. The molecule has 82 valence electrons. The number of anilines is 1. The molecule has 1 heterocycles. The molecule has 0 bridgehead atoms. The maximum atomic E-state index is 4.42. The first-order valence-electron chi connectivity index (χ1n) is 5.43. The minimum Gasteiger partial charge on any atom is -0.388 e. The van der Waals surface area contributed by atoms with E-state index in [1.807, 2.05) is 19.3 Å². The van der Waals surface area contributed by atoms with Gasteiger partial charge in [-0.15, -0.1) is 0 Å². The summed E-state index contributed by atoms with van der Waals surface area (Å²) >= 11 is 0. The van der Waals surface area contributed by atoms with Crippen LogP contribution in [0, 0.1) is 13.8 Å². The standard InChI is InChI=1S/C14H16N2/c1-10-5-4-6-13(11(10)2)14-9-12(15-3)7-8-16-14/h4-9H,1-3H3,(H,15,16). The van der Waals surface area contributed by atoms with Crippen LogP contribution in [0.15, 0.2) is 36.5 Å². The topological polar surface area (TPSA) is 24.9 Å². The molecule has 0 spiro atoms. The van der Waals surface area contributed by atoms with Crippen LogP contribution in [0.25, 0.3) is 11.3 Å². The summed E-state index contributed by atoms with van der Waals surface area (Å²) in [7, 11) is 1.92. The van der Waals surface area contributed by atoms with Gasteiger partial charge in [-0.1, -0.05) is 18.2 Å². The van der Waals surface area contributed by atoms with E-state index in [0.29, 0.717) is 0 Å². The zero-order valence-corrected chi connectivity index (χ0v) is 9.91. The molecule has 0 fully saturated rings. The quantitative estimate of drug-likeness (QED) is 0.825. The number of aryl methyl sites for hydroxylation is 1. The molecule has 0 aliphatic rings. The van der Waals surface area contributed by atoms with Crippen molar-refractivity contribution < 1.29 is 0 Å². The predicted octanol–water partition coefficient (Wildman–Crippen LogP) is 3.41. The summed E-state index contributed by atoms with van der Waals surface area (Å²) < 4.78 is 0. The van der Waals surface area contributed by atoms with Gasteiger partial charge in [0.15, 0.2) is 0 Å². The van der Waals surface area contributed by atoms with Crippen LogP contribution in [0.3, 0.4) is 0 Å². The minimum atomic E-state index is 1.02. The Bertz CT molecular complexity index is 504. The van der Waals surface area contributed by atoms with Crippen molar-refractivity contribution in [2.45, 2.75) is 13.8 Å². The predicted molar refractivity (Wildman–Crippen MR) is 68.7 cm³/mol. The van der Waals surface area contributed by atoms with Gasteiger partial charge in [0.05, 0.1) is 5.69 Å². The van der Waals surface area contributed by atoms with Crippen LogP contribution in [0.2, 0.25) is 0 Å². The van der Waals surface area contributed by atoms with E-state index in [0.717, 1.165) is 11.4 Å². The van der Waals surface area contributed by atoms with Gasteiger partial charge in [0.2, 0.25) is 0 Å². The molecule has 16 heavy (non-hydrogen) atoms. The van der Waals surface area contributed by atoms with Crippen LogP contribution >= 0.6 is 0 Å². The number of aromatic nitrogens is 1. The highest BCUT2D eigenvalue weighted by molar-refractivity contribution is 5.68. The highest BCUT2D eigenvalue weighted by atomic mass is 14.8. The van der Waals surface area contributed by atoms with Gasteiger partial charge in [0.25, 0.3) is 0 Å². The Hall–Kier alpha value is -1.83. The van der Waals surface area contributed by atoms with E-state index >= 15 is 0 Å². The van der Waals surface area contributed by atoms with Gasteiger partial charge < -0.3 is 5.32 Å². The van der Waals surface area contributed by atoms with Crippen molar-refractivity contribution in [1.82, 2.24) is 4.98 Å². The Labute approximate surface area is 96.4 Å². The fourth-order valence-corrected chi connectivity index (χ4v) is 1.76. The van der Waals surface area contributed by atoms with E-state index < -0.39 is 0 Å². The Kier molecular flexibility index (Phi) is 2.91. The maximum Gasteiger partial charge on any atom is 0.0725 e. The lowest BCUT2D eigenvalue weighted by Gasteiger charge is -2.09. The Morgan fingerprint density at radius 1 is 1.12 bits per heavy atom. The molecule has 0 aliphatic heterocycles. The van der Waals surface area contributed by atoms with Crippen molar-refractivity contribution in [2.75, 3.05) is 12.4 Å². The van der Waals surface area contributed by atoms with E-state index in [1.165, 1.54) is 16.7 Å². The molecule has 0 radical (unpaired) electrons. The Morgan fingerprint density at radius 2 is 1.94 bits per heavy atom. The van der Waals surface area contributed by atoms with Crippen molar-refractivity contribution in [3.63, 3.8) is 0 Å². The van der Waals surface area contributed by atoms with Crippen LogP contribution in [0.4, 0.5) is 5.69 Å². The van der Waals surface area contributed by atoms with Gasteiger partial charge in [0.1, 0.15) is 0 Å². The van der Waals surface area contributed by atoms with Crippen molar-refractivity contribution in [2.24, 2.45) is 0 Å². The molecule has 2 aromatic rings. The normalized spacial score (nSPS) is 10.2. The first kappa shape index (κ1) is 10.7. The number of rotatable bonds is 2. The number of nitrogens with one attached hydrogen (secondary N) is 1. The van der Waals surface area contributed by atoms with Gasteiger partial charge in [-0.2, -0.15) is 0 Å². The highest BCUT2D eigenvalue weighted by Gasteiger charge is 2.05. The van der Waals surface area contributed by atoms with Crippen LogP contribution in [0.5, 0.6) is 0 Å². The summed E-state index contributed by atoms with van der Waals surface area (Å²) in [4.78, 5) is 4.42. The lowest BCUT2D eigenvalue weighted by atomic mass is 10.0. The average Bonchev–Trinajstić information content (AvgIpc) is 2.33. The zero-order valence-electron chi connectivity index (χ0n) is 9.91. The van der Waals surface area contributed by atoms with Gasteiger partial charge in [-0.25, -0.2) is 0 Å². The van der Waals surface area contributed by atoms with E-state index in [9.17, 15) is 0 Å². The van der Waals surface area contributed by atoms with Crippen molar-refractivity contribution in [3.05, 3.63) is 47.7 Å². The molecule has 0 amide bonds. The lowest BCUT2D eigenvalue weighted by Crippen LogP contribution is -1.92. The second kappa shape index (κ2) is 4.35. The Balaban J connectivity index is 2.54. The van der Waals surface area contributed by atoms with Gasteiger partial charge in [-0.3, -0.25) is 4.98 Å². The molecule has 0 saturated heterocycles. The summed E-state index contributed by atoms with van der Waals surface area (Å²) in [5.41, 5.74) is 5.91. The van der Waals surface area contributed by atoms with Gasteiger partial charge >= 0.3 is 0 Å². The zero-order chi connectivity index (χ0) is 11.5. The van der Waals surface area contributed by atoms with Crippen LogP contribution in [-0.4, -0.2) is 12.0 Å². The van der Waals surface area contributed by atoms with Gasteiger partial charge in [-0.05, 0) is 37.1 Å². The van der Waals surface area contributed by atoms with Crippen molar-refractivity contribution in [3.8, 4) is 11.3 Å². The summed E-state index contributed by atoms with van der Waals surface area (Å²) in [6.45, 7) is 4.26. The molecule has 2 nitrogen and oxygen atoms in total.